The third kappa shape index (κ3) is 4.67. The first-order valence-electron chi connectivity index (χ1n) is 7.54. The highest BCUT2D eigenvalue weighted by Crippen LogP contribution is 2.22. The van der Waals surface area contributed by atoms with Crippen molar-refractivity contribution in [2.45, 2.75) is 13.5 Å². The van der Waals surface area contributed by atoms with Gasteiger partial charge in [0.25, 0.3) is 5.91 Å². The Balaban J connectivity index is 1.62. The number of anilines is 1. The van der Waals surface area contributed by atoms with Gasteiger partial charge < -0.3 is 10.1 Å². The summed E-state index contributed by atoms with van der Waals surface area (Å²) in [6.07, 6.45) is 0. The number of ether oxygens (including phenoxy) is 1. The van der Waals surface area contributed by atoms with Gasteiger partial charge in [-0.1, -0.05) is 33.6 Å². The summed E-state index contributed by atoms with van der Waals surface area (Å²) in [6, 6.07) is 14.0. The number of hydrogen-bond acceptors (Lipinski definition) is 3. The molecule has 25 heavy (non-hydrogen) atoms. The monoisotopic (exact) mass is 419 g/mol. The summed E-state index contributed by atoms with van der Waals surface area (Å²) in [5, 5.41) is 4.44. The van der Waals surface area contributed by atoms with Gasteiger partial charge in [-0.2, -0.15) is 0 Å². The summed E-state index contributed by atoms with van der Waals surface area (Å²) in [6.45, 7) is 2.39. The fourth-order valence-corrected chi connectivity index (χ4v) is 3.27. The van der Waals surface area contributed by atoms with E-state index in [4.69, 9.17) is 4.74 Å². The van der Waals surface area contributed by atoms with Crippen LogP contribution in [0.3, 0.4) is 0 Å². The minimum atomic E-state index is -0.484. The summed E-state index contributed by atoms with van der Waals surface area (Å²) in [7, 11) is 0. The van der Waals surface area contributed by atoms with Gasteiger partial charge in [0.1, 0.15) is 18.2 Å². The molecule has 0 fully saturated rings. The van der Waals surface area contributed by atoms with Gasteiger partial charge in [-0.3, -0.25) is 4.79 Å². The number of rotatable bonds is 5. The second-order valence-corrected chi connectivity index (χ2v) is 7.33. The van der Waals surface area contributed by atoms with Gasteiger partial charge in [0.15, 0.2) is 0 Å². The van der Waals surface area contributed by atoms with Crippen molar-refractivity contribution in [3.63, 3.8) is 0 Å². The molecule has 0 unspecified atom stereocenters. The number of benzene rings is 2. The average molecular weight is 420 g/mol. The molecule has 1 aromatic heterocycles. The summed E-state index contributed by atoms with van der Waals surface area (Å²) in [5.41, 5.74) is 2.22. The minimum absolute atomic E-state index is 0.152. The van der Waals surface area contributed by atoms with Crippen LogP contribution in [-0.4, -0.2) is 5.91 Å². The SMILES string of the molecule is Cc1ccc(OCc2csc(C(=O)Nc3ccc(Br)cc3F)c2)cc1. The van der Waals surface area contributed by atoms with Crippen molar-refractivity contribution in [3.05, 3.63) is 80.2 Å². The van der Waals surface area contributed by atoms with Gasteiger partial charge in [0, 0.05) is 10.0 Å². The van der Waals surface area contributed by atoms with E-state index in [1.54, 1.807) is 12.1 Å². The van der Waals surface area contributed by atoms with E-state index < -0.39 is 5.82 Å². The molecule has 2 aromatic carbocycles. The summed E-state index contributed by atoms with van der Waals surface area (Å²) in [5.74, 6) is -0.0465. The maximum atomic E-state index is 13.8. The Kier molecular flexibility index (Phi) is 5.50. The lowest BCUT2D eigenvalue weighted by molar-refractivity contribution is 0.103. The Labute approximate surface area is 157 Å². The third-order valence-electron chi connectivity index (χ3n) is 3.48. The molecule has 0 aliphatic heterocycles. The van der Waals surface area contributed by atoms with Crippen molar-refractivity contribution in [3.8, 4) is 5.75 Å². The van der Waals surface area contributed by atoms with Crippen LogP contribution in [0.4, 0.5) is 10.1 Å². The van der Waals surface area contributed by atoms with E-state index in [0.29, 0.717) is 16.0 Å². The number of amides is 1. The smallest absolute Gasteiger partial charge is 0.265 e. The largest absolute Gasteiger partial charge is 0.489 e. The Hall–Kier alpha value is -2.18. The predicted octanol–water partition coefficient (Wildman–Crippen LogP) is 5.79. The maximum absolute atomic E-state index is 13.8. The molecule has 3 nitrogen and oxygen atoms in total. The zero-order valence-corrected chi connectivity index (χ0v) is 15.8. The van der Waals surface area contributed by atoms with Crippen molar-refractivity contribution in [1.29, 1.82) is 0 Å². The highest BCUT2D eigenvalue weighted by molar-refractivity contribution is 9.10. The molecule has 1 heterocycles. The Bertz CT molecular complexity index is 893. The number of halogens is 2. The first-order chi connectivity index (χ1) is 12.0. The lowest BCUT2D eigenvalue weighted by atomic mass is 10.2. The number of carbonyl (C=O) groups is 1. The molecular weight excluding hydrogens is 405 g/mol. The molecule has 0 bridgehead atoms. The van der Waals surface area contributed by atoms with Gasteiger partial charge in [-0.15, -0.1) is 11.3 Å². The van der Waals surface area contributed by atoms with E-state index in [-0.39, 0.29) is 11.6 Å². The zero-order valence-electron chi connectivity index (χ0n) is 13.4. The molecule has 3 aromatic rings. The van der Waals surface area contributed by atoms with Crippen molar-refractivity contribution >= 4 is 38.9 Å². The number of hydrogen-bond donors (Lipinski definition) is 1. The van der Waals surface area contributed by atoms with E-state index in [2.05, 4.69) is 21.2 Å². The van der Waals surface area contributed by atoms with Crippen LogP contribution < -0.4 is 10.1 Å². The average Bonchev–Trinajstić information content (AvgIpc) is 3.06. The zero-order chi connectivity index (χ0) is 17.8. The second-order valence-electron chi connectivity index (χ2n) is 5.50. The van der Waals surface area contributed by atoms with Crippen LogP contribution in [0.15, 0.2) is 58.4 Å². The Morgan fingerprint density at radius 2 is 1.96 bits per heavy atom. The van der Waals surface area contributed by atoms with E-state index in [1.165, 1.54) is 29.0 Å². The van der Waals surface area contributed by atoms with Gasteiger partial charge >= 0.3 is 0 Å². The lowest BCUT2D eigenvalue weighted by Gasteiger charge is -2.05. The van der Waals surface area contributed by atoms with E-state index >= 15 is 0 Å². The number of carbonyl (C=O) groups excluding carboxylic acids is 1. The molecular formula is C19H15BrFNO2S. The molecule has 0 saturated heterocycles. The van der Waals surface area contributed by atoms with Crippen LogP contribution in [0.1, 0.15) is 20.8 Å². The topological polar surface area (TPSA) is 38.3 Å². The maximum Gasteiger partial charge on any atom is 0.265 e. The second kappa shape index (κ2) is 7.80. The Morgan fingerprint density at radius 3 is 2.68 bits per heavy atom. The fourth-order valence-electron chi connectivity index (χ4n) is 2.15. The normalized spacial score (nSPS) is 10.5. The summed E-state index contributed by atoms with van der Waals surface area (Å²) < 4.78 is 20.1. The molecule has 0 spiro atoms. The summed E-state index contributed by atoms with van der Waals surface area (Å²) >= 11 is 4.49. The first-order valence-corrected chi connectivity index (χ1v) is 9.22. The predicted molar refractivity (Wildman–Crippen MR) is 102 cm³/mol. The lowest BCUT2D eigenvalue weighted by Crippen LogP contribution is -2.11. The van der Waals surface area contributed by atoms with Crippen molar-refractivity contribution in [1.82, 2.24) is 0 Å². The molecule has 1 N–H and O–H groups in total. The fraction of sp³-hybridized carbons (Fsp3) is 0.105. The van der Waals surface area contributed by atoms with E-state index in [0.717, 1.165) is 11.3 Å². The Morgan fingerprint density at radius 1 is 1.20 bits per heavy atom. The van der Waals surface area contributed by atoms with E-state index in [9.17, 15) is 9.18 Å². The molecule has 6 heteroatoms. The van der Waals surface area contributed by atoms with Crippen molar-refractivity contribution < 1.29 is 13.9 Å². The van der Waals surface area contributed by atoms with Crippen LogP contribution in [0, 0.1) is 12.7 Å². The van der Waals surface area contributed by atoms with Crippen molar-refractivity contribution in [2.75, 3.05) is 5.32 Å². The van der Waals surface area contributed by atoms with E-state index in [1.807, 2.05) is 36.6 Å². The number of aryl methyl sites for hydroxylation is 1. The summed E-state index contributed by atoms with van der Waals surface area (Å²) in [4.78, 5) is 12.8. The molecule has 0 aliphatic rings. The highest BCUT2D eigenvalue weighted by atomic mass is 79.9. The first kappa shape index (κ1) is 17.6. The van der Waals surface area contributed by atoms with Crippen LogP contribution in [-0.2, 0) is 6.61 Å². The van der Waals surface area contributed by atoms with Gasteiger partial charge in [-0.25, -0.2) is 4.39 Å². The van der Waals surface area contributed by atoms with Crippen LogP contribution in [0.5, 0.6) is 5.75 Å². The molecule has 1 amide bonds. The van der Waals surface area contributed by atoms with Gasteiger partial charge in [0.2, 0.25) is 0 Å². The molecule has 3 rings (SSSR count). The molecule has 0 saturated carbocycles. The number of thiophene rings is 1. The van der Waals surface area contributed by atoms with Gasteiger partial charge in [0.05, 0.1) is 10.6 Å². The highest BCUT2D eigenvalue weighted by Gasteiger charge is 2.12. The standard InChI is InChI=1S/C19H15BrFNO2S/c1-12-2-5-15(6-3-12)24-10-13-8-18(25-11-13)19(23)22-17-7-4-14(20)9-16(17)21/h2-9,11H,10H2,1H3,(H,22,23). The molecule has 128 valence electrons. The number of nitrogens with one attached hydrogen (secondary N) is 1. The van der Waals surface area contributed by atoms with Crippen LogP contribution in [0.25, 0.3) is 0 Å². The molecule has 0 radical (unpaired) electrons. The van der Waals surface area contributed by atoms with Crippen LogP contribution >= 0.6 is 27.3 Å². The van der Waals surface area contributed by atoms with Gasteiger partial charge in [-0.05, 0) is 48.7 Å². The molecule has 0 atom stereocenters. The van der Waals surface area contributed by atoms with Crippen LogP contribution in [0.2, 0.25) is 0 Å². The quantitative estimate of drug-likeness (QED) is 0.568. The minimum Gasteiger partial charge on any atom is -0.489 e. The molecule has 0 aliphatic carbocycles. The third-order valence-corrected chi connectivity index (χ3v) is 4.95. The van der Waals surface area contributed by atoms with Crippen molar-refractivity contribution in [2.24, 2.45) is 0 Å².